The number of carbonyl (C=O) groups is 1. The monoisotopic (exact) mass is 257 g/mol. The number of likely N-dealkylation sites (tertiary alicyclic amines) is 1. The van der Waals surface area contributed by atoms with E-state index in [2.05, 4.69) is 18.7 Å². The molecule has 1 fully saturated rings. The van der Waals surface area contributed by atoms with E-state index in [1.54, 1.807) is 7.11 Å². The van der Waals surface area contributed by atoms with Crippen molar-refractivity contribution in [3.63, 3.8) is 0 Å². The van der Waals surface area contributed by atoms with Gasteiger partial charge in [0.2, 0.25) is 0 Å². The highest BCUT2D eigenvalue weighted by molar-refractivity contribution is 5.73. The molecule has 0 aromatic heterocycles. The molecule has 1 N–H and O–H groups in total. The minimum Gasteiger partial charge on any atom is -0.480 e. The van der Waals surface area contributed by atoms with Gasteiger partial charge in [0.25, 0.3) is 0 Å². The summed E-state index contributed by atoms with van der Waals surface area (Å²) in [5, 5.41) is 9.27. The highest BCUT2D eigenvalue weighted by atomic mass is 16.5. The van der Waals surface area contributed by atoms with Gasteiger partial charge in [-0.15, -0.1) is 0 Å². The molecule has 1 heterocycles. The molecule has 4 heteroatoms. The molecule has 1 saturated heterocycles. The fraction of sp³-hybridized carbons (Fsp3) is 0.929. The lowest BCUT2D eigenvalue weighted by Gasteiger charge is -2.53. The van der Waals surface area contributed by atoms with Gasteiger partial charge in [0, 0.05) is 26.8 Å². The third-order valence-electron chi connectivity index (χ3n) is 3.96. The van der Waals surface area contributed by atoms with Crippen molar-refractivity contribution in [3.05, 3.63) is 0 Å². The molecule has 0 aromatic carbocycles. The van der Waals surface area contributed by atoms with Gasteiger partial charge in [-0.1, -0.05) is 26.7 Å². The standard InChI is InChI=1S/C14H27NO3/c1-4-7-14(8-5-2)10-15(11-14)12(13(16)17)6-9-18-3/h12H,4-11H2,1-3H3,(H,16,17). The van der Waals surface area contributed by atoms with Crippen LogP contribution in [0.25, 0.3) is 0 Å². The molecule has 0 amide bonds. The van der Waals surface area contributed by atoms with Crippen LogP contribution < -0.4 is 0 Å². The molecule has 1 aliphatic rings. The maximum atomic E-state index is 11.3. The van der Waals surface area contributed by atoms with Gasteiger partial charge in [-0.25, -0.2) is 0 Å². The first-order valence-corrected chi connectivity index (χ1v) is 7.04. The predicted molar refractivity (Wildman–Crippen MR) is 71.7 cm³/mol. The summed E-state index contributed by atoms with van der Waals surface area (Å²) >= 11 is 0. The summed E-state index contributed by atoms with van der Waals surface area (Å²) in [6, 6.07) is -0.369. The molecule has 0 aromatic rings. The van der Waals surface area contributed by atoms with Gasteiger partial charge >= 0.3 is 5.97 Å². The Morgan fingerprint density at radius 2 is 1.89 bits per heavy atom. The highest BCUT2D eigenvalue weighted by Gasteiger charge is 2.45. The van der Waals surface area contributed by atoms with E-state index < -0.39 is 5.97 Å². The van der Waals surface area contributed by atoms with E-state index in [-0.39, 0.29) is 6.04 Å². The lowest BCUT2D eigenvalue weighted by molar-refractivity contribution is -0.151. The Hall–Kier alpha value is -0.610. The molecule has 1 aliphatic heterocycles. The lowest BCUT2D eigenvalue weighted by Crippen LogP contribution is -2.61. The number of aliphatic carboxylic acids is 1. The van der Waals surface area contributed by atoms with Crippen molar-refractivity contribution in [2.75, 3.05) is 26.8 Å². The van der Waals surface area contributed by atoms with Crippen LogP contribution in [0.15, 0.2) is 0 Å². The summed E-state index contributed by atoms with van der Waals surface area (Å²) < 4.78 is 5.00. The van der Waals surface area contributed by atoms with E-state index in [1.807, 2.05) is 0 Å². The minimum absolute atomic E-state index is 0.369. The minimum atomic E-state index is -0.714. The third kappa shape index (κ3) is 3.69. The lowest BCUT2D eigenvalue weighted by atomic mass is 9.72. The summed E-state index contributed by atoms with van der Waals surface area (Å²) in [6.07, 6.45) is 5.38. The zero-order chi connectivity index (χ0) is 13.6. The molecule has 18 heavy (non-hydrogen) atoms. The number of hydrogen-bond donors (Lipinski definition) is 1. The first kappa shape index (κ1) is 15.4. The molecule has 1 atom stereocenters. The first-order valence-electron chi connectivity index (χ1n) is 7.04. The SMILES string of the molecule is CCCC1(CCC)CN(C(CCOC)C(=O)O)C1. The van der Waals surface area contributed by atoms with Crippen molar-refractivity contribution in [2.24, 2.45) is 5.41 Å². The molecule has 4 nitrogen and oxygen atoms in total. The third-order valence-corrected chi connectivity index (χ3v) is 3.96. The zero-order valence-electron chi connectivity index (χ0n) is 11.9. The molecule has 0 bridgehead atoms. The van der Waals surface area contributed by atoms with Crippen LogP contribution in [0.4, 0.5) is 0 Å². The number of nitrogens with zero attached hydrogens (tertiary/aromatic N) is 1. The second-order valence-corrected chi connectivity index (χ2v) is 5.54. The van der Waals surface area contributed by atoms with Gasteiger partial charge in [-0.2, -0.15) is 0 Å². The van der Waals surface area contributed by atoms with Crippen molar-refractivity contribution in [3.8, 4) is 0 Å². The van der Waals surface area contributed by atoms with Crippen LogP contribution in [-0.4, -0.2) is 48.8 Å². The van der Waals surface area contributed by atoms with Crippen molar-refractivity contribution in [1.29, 1.82) is 0 Å². The molecule has 1 unspecified atom stereocenters. The van der Waals surface area contributed by atoms with Crippen LogP contribution in [0.1, 0.15) is 46.0 Å². The van der Waals surface area contributed by atoms with E-state index in [0.717, 1.165) is 13.1 Å². The smallest absolute Gasteiger partial charge is 0.321 e. The van der Waals surface area contributed by atoms with Gasteiger partial charge < -0.3 is 9.84 Å². The van der Waals surface area contributed by atoms with E-state index in [4.69, 9.17) is 4.74 Å². The number of rotatable bonds is 9. The van der Waals surface area contributed by atoms with Gasteiger partial charge in [0.15, 0.2) is 0 Å². The van der Waals surface area contributed by atoms with Gasteiger partial charge in [-0.3, -0.25) is 9.69 Å². The Morgan fingerprint density at radius 1 is 1.33 bits per heavy atom. The molecule has 0 aliphatic carbocycles. The van der Waals surface area contributed by atoms with Gasteiger partial charge in [-0.05, 0) is 24.7 Å². The number of methoxy groups -OCH3 is 1. The Balaban J connectivity index is 2.51. The van der Waals surface area contributed by atoms with Crippen LogP contribution in [-0.2, 0) is 9.53 Å². The largest absolute Gasteiger partial charge is 0.480 e. The van der Waals surface area contributed by atoms with Crippen molar-refractivity contribution >= 4 is 5.97 Å². The quantitative estimate of drug-likeness (QED) is 0.689. The molecule has 0 saturated carbocycles. The number of carboxylic acids is 1. The zero-order valence-corrected chi connectivity index (χ0v) is 11.9. The maximum Gasteiger partial charge on any atom is 0.321 e. The summed E-state index contributed by atoms with van der Waals surface area (Å²) in [6.45, 7) is 6.81. The molecule has 106 valence electrons. The topological polar surface area (TPSA) is 49.8 Å². The van der Waals surface area contributed by atoms with Crippen LogP contribution in [0.2, 0.25) is 0 Å². The Morgan fingerprint density at radius 3 is 2.28 bits per heavy atom. The van der Waals surface area contributed by atoms with Crippen molar-refractivity contribution < 1.29 is 14.6 Å². The fourth-order valence-electron chi connectivity index (χ4n) is 3.23. The Bertz CT molecular complexity index is 254. The second-order valence-electron chi connectivity index (χ2n) is 5.54. The predicted octanol–water partition coefficient (Wildman–Crippen LogP) is 2.38. The van der Waals surface area contributed by atoms with Gasteiger partial charge in [0.05, 0.1) is 0 Å². The maximum absolute atomic E-state index is 11.3. The average Bonchev–Trinajstić information content (AvgIpc) is 2.27. The van der Waals surface area contributed by atoms with Crippen LogP contribution in [0, 0.1) is 5.41 Å². The number of carboxylic acid groups (broad SMARTS) is 1. The summed E-state index contributed by atoms with van der Waals surface area (Å²) in [4.78, 5) is 13.4. The molecular formula is C14H27NO3. The summed E-state index contributed by atoms with van der Waals surface area (Å²) in [5.41, 5.74) is 0.379. The normalized spacial score (nSPS) is 20.4. The summed E-state index contributed by atoms with van der Waals surface area (Å²) in [7, 11) is 1.62. The van der Waals surface area contributed by atoms with E-state index in [1.165, 1.54) is 25.7 Å². The number of ether oxygens (including phenoxy) is 1. The number of hydrogen-bond acceptors (Lipinski definition) is 3. The highest BCUT2D eigenvalue weighted by Crippen LogP contribution is 2.40. The van der Waals surface area contributed by atoms with Crippen molar-refractivity contribution in [2.45, 2.75) is 52.0 Å². The summed E-state index contributed by atoms with van der Waals surface area (Å²) in [5.74, 6) is -0.714. The van der Waals surface area contributed by atoms with Crippen LogP contribution >= 0.6 is 0 Å². The molecule has 0 spiro atoms. The van der Waals surface area contributed by atoms with Crippen LogP contribution in [0.3, 0.4) is 0 Å². The average molecular weight is 257 g/mol. The molecule has 1 rings (SSSR count). The van der Waals surface area contributed by atoms with E-state index in [9.17, 15) is 9.90 Å². The fourth-order valence-corrected chi connectivity index (χ4v) is 3.23. The van der Waals surface area contributed by atoms with E-state index in [0.29, 0.717) is 18.4 Å². The van der Waals surface area contributed by atoms with Gasteiger partial charge in [0.1, 0.15) is 6.04 Å². The van der Waals surface area contributed by atoms with Crippen molar-refractivity contribution in [1.82, 2.24) is 4.90 Å². The van der Waals surface area contributed by atoms with E-state index >= 15 is 0 Å². The Kier molecular flexibility index (Phi) is 6.09. The first-order chi connectivity index (χ1) is 8.58. The molecular weight excluding hydrogens is 230 g/mol. The van der Waals surface area contributed by atoms with Crippen LogP contribution in [0.5, 0.6) is 0 Å². The second kappa shape index (κ2) is 7.10. The Labute approximate surface area is 110 Å². The molecule has 0 radical (unpaired) electrons.